The van der Waals surface area contributed by atoms with Crippen molar-refractivity contribution in [3.8, 4) is 11.4 Å². The van der Waals surface area contributed by atoms with E-state index in [1.807, 2.05) is 4.90 Å². The molecule has 0 amide bonds. The maximum absolute atomic E-state index is 13.0. The lowest BCUT2D eigenvalue weighted by molar-refractivity contribution is 0.144. The predicted octanol–water partition coefficient (Wildman–Crippen LogP) is 2.03. The molecule has 0 bridgehead atoms. The van der Waals surface area contributed by atoms with Crippen LogP contribution in [0.25, 0.3) is 17.0 Å². The highest BCUT2D eigenvalue weighted by atomic mass is 32.2. The molecule has 9 nitrogen and oxygen atoms in total. The van der Waals surface area contributed by atoms with Crippen molar-refractivity contribution in [2.24, 2.45) is 0 Å². The van der Waals surface area contributed by atoms with Gasteiger partial charge in [0.1, 0.15) is 23.5 Å². The summed E-state index contributed by atoms with van der Waals surface area (Å²) in [6.45, 7) is 2.81. The molecule has 160 valence electrons. The summed E-state index contributed by atoms with van der Waals surface area (Å²) in [5, 5.41) is 3.97. The molecule has 1 atom stereocenters. The lowest BCUT2D eigenvalue weighted by Crippen LogP contribution is -2.48. The Labute approximate surface area is 172 Å². The van der Waals surface area contributed by atoms with Crippen LogP contribution in [-0.2, 0) is 10.0 Å². The number of nitrogens with one attached hydrogen (secondary N) is 1. The number of halogens is 2. The number of hydrogen-bond acceptors (Lipinski definition) is 7. The highest BCUT2D eigenvalue weighted by Gasteiger charge is 2.25. The maximum atomic E-state index is 13.0. The second-order valence-corrected chi connectivity index (χ2v) is 9.08. The minimum atomic E-state index is -3.29. The van der Waals surface area contributed by atoms with E-state index in [0.29, 0.717) is 29.4 Å². The molecule has 1 saturated heterocycles. The largest absolute Gasteiger partial charge is 0.355 e. The Morgan fingerprint density at radius 2 is 2.10 bits per heavy atom. The zero-order valence-corrected chi connectivity index (χ0v) is 17.1. The SMILES string of the molecule is CCS(=O)(=O)N[C@H]1CCCN(c2cc(-c3cnc4ccc(C(F)F)nn34)ncn2)C1. The van der Waals surface area contributed by atoms with E-state index in [9.17, 15) is 17.2 Å². The van der Waals surface area contributed by atoms with Crippen molar-refractivity contribution in [2.45, 2.75) is 32.2 Å². The molecule has 0 spiro atoms. The average Bonchev–Trinajstić information content (AvgIpc) is 3.17. The number of piperidine rings is 1. The van der Waals surface area contributed by atoms with Gasteiger partial charge in [0.05, 0.1) is 17.6 Å². The Morgan fingerprint density at radius 1 is 1.27 bits per heavy atom. The summed E-state index contributed by atoms with van der Waals surface area (Å²) in [5.41, 5.74) is 1.04. The number of alkyl halides is 2. The maximum Gasteiger partial charge on any atom is 0.282 e. The molecule has 1 N–H and O–H groups in total. The summed E-state index contributed by atoms with van der Waals surface area (Å²) < 4.78 is 53.9. The summed E-state index contributed by atoms with van der Waals surface area (Å²) >= 11 is 0. The van der Waals surface area contributed by atoms with Crippen molar-refractivity contribution in [2.75, 3.05) is 23.7 Å². The lowest BCUT2D eigenvalue weighted by atomic mass is 10.1. The van der Waals surface area contributed by atoms with Crippen LogP contribution in [0, 0.1) is 0 Å². The highest BCUT2D eigenvalue weighted by Crippen LogP contribution is 2.25. The van der Waals surface area contributed by atoms with Gasteiger partial charge in [0.2, 0.25) is 10.0 Å². The fraction of sp³-hybridized carbons (Fsp3) is 0.444. The molecule has 1 aliphatic heterocycles. The number of imidazole rings is 1. The van der Waals surface area contributed by atoms with Crippen molar-refractivity contribution in [3.05, 3.63) is 36.4 Å². The third kappa shape index (κ3) is 4.24. The van der Waals surface area contributed by atoms with Crippen LogP contribution >= 0.6 is 0 Å². The third-order valence-corrected chi connectivity index (χ3v) is 6.45. The Bertz CT molecular complexity index is 1150. The molecule has 3 aromatic rings. The molecular weight excluding hydrogens is 416 g/mol. The Balaban J connectivity index is 1.62. The fourth-order valence-corrected chi connectivity index (χ4v) is 4.32. The van der Waals surface area contributed by atoms with E-state index in [2.05, 4.69) is 24.8 Å². The average molecular weight is 437 g/mol. The highest BCUT2D eigenvalue weighted by molar-refractivity contribution is 7.89. The molecular formula is C18H21F2N7O2S. The van der Waals surface area contributed by atoms with Crippen LogP contribution in [0.15, 0.2) is 30.7 Å². The number of aromatic nitrogens is 5. The Morgan fingerprint density at radius 3 is 2.87 bits per heavy atom. The summed E-state index contributed by atoms with van der Waals surface area (Å²) in [6.07, 6.45) is 1.79. The van der Waals surface area contributed by atoms with Crippen molar-refractivity contribution < 1.29 is 17.2 Å². The lowest BCUT2D eigenvalue weighted by Gasteiger charge is -2.33. The fourth-order valence-electron chi connectivity index (χ4n) is 3.46. The first-order valence-corrected chi connectivity index (χ1v) is 11.2. The zero-order chi connectivity index (χ0) is 21.3. The van der Waals surface area contributed by atoms with Gasteiger partial charge in [-0.1, -0.05) is 0 Å². The number of anilines is 1. The van der Waals surface area contributed by atoms with Crippen LogP contribution in [-0.4, -0.2) is 57.9 Å². The standard InChI is InChI=1S/C18H21F2N7O2S/c1-2-30(28,29)25-12-4-3-7-26(10-12)17-8-14(22-11-23-17)15-9-21-16-6-5-13(18(19)20)24-27(15)16/h5-6,8-9,11-12,18,25H,2-4,7,10H2,1H3/t12-/m0/s1. The van der Waals surface area contributed by atoms with Gasteiger partial charge < -0.3 is 4.90 Å². The van der Waals surface area contributed by atoms with Crippen molar-refractivity contribution in [1.82, 2.24) is 29.3 Å². The van der Waals surface area contributed by atoms with E-state index in [4.69, 9.17) is 0 Å². The first-order chi connectivity index (χ1) is 14.4. The number of sulfonamides is 1. The van der Waals surface area contributed by atoms with Crippen LogP contribution < -0.4 is 9.62 Å². The molecule has 0 aromatic carbocycles. The number of fused-ring (bicyclic) bond motifs is 1. The van der Waals surface area contributed by atoms with Crippen LogP contribution in [0.2, 0.25) is 0 Å². The summed E-state index contributed by atoms with van der Waals surface area (Å²) in [5.74, 6) is 0.656. The molecule has 4 heterocycles. The van der Waals surface area contributed by atoms with Gasteiger partial charge in [-0.3, -0.25) is 0 Å². The van der Waals surface area contributed by atoms with E-state index >= 15 is 0 Å². The molecule has 0 unspecified atom stereocenters. The predicted molar refractivity (Wildman–Crippen MR) is 107 cm³/mol. The summed E-state index contributed by atoms with van der Waals surface area (Å²) in [7, 11) is -3.29. The monoisotopic (exact) mass is 437 g/mol. The van der Waals surface area contributed by atoms with E-state index in [1.54, 1.807) is 13.0 Å². The van der Waals surface area contributed by atoms with Crippen LogP contribution in [0.4, 0.5) is 14.6 Å². The van der Waals surface area contributed by atoms with Gasteiger partial charge in [0, 0.05) is 25.2 Å². The first-order valence-electron chi connectivity index (χ1n) is 9.56. The zero-order valence-electron chi connectivity index (χ0n) is 16.2. The normalized spacial score (nSPS) is 17.7. The molecule has 1 aliphatic rings. The van der Waals surface area contributed by atoms with Crippen LogP contribution in [0.3, 0.4) is 0 Å². The summed E-state index contributed by atoms with van der Waals surface area (Å²) in [4.78, 5) is 14.8. The molecule has 1 fully saturated rings. The topological polar surface area (TPSA) is 105 Å². The summed E-state index contributed by atoms with van der Waals surface area (Å²) in [6, 6.07) is 4.26. The van der Waals surface area contributed by atoms with Gasteiger partial charge in [-0.15, -0.1) is 0 Å². The minimum absolute atomic E-state index is 0.0308. The van der Waals surface area contributed by atoms with Gasteiger partial charge in [-0.2, -0.15) is 5.10 Å². The van der Waals surface area contributed by atoms with Gasteiger partial charge in [-0.05, 0) is 31.9 Å². The quantitative estimate of drug-likeness (QED) is 0.629. The molecule has 0 radical (unpaired) electrons. The Kier molecular flexibility index (Phi) is 5.60. The molecule has 0 aliphatic carbocycles. The van der Waals surface area contributed by atoms with E-state index in [1.165, 1.54) is 29.2 Å². The second-order valence-electron chi connectivity index (χ2n) is 7.04. The van der Waals surface area contributed by atoms with Gasteiger partial charge >= 0.3 is 0 Å². The molecule has 3 aromatic heterocycles. The number of hydrogen-bond donors (Lipinski definition) is 1. The van der Waals surface area contributed by atoms with E-state index in [-0.39, 0.29) is 17.5 Å². The van der Waals surface area contributed by atoms with Crippen molar-refractivity contribution in [1.29, 1.82) is 0 Å². The first kappa shape index (κ1) is 20.5. The molecule has 4 rings (SSSR count). The van der Waals surface area contributed by atoms with Crippen LogP contribution in [0.5, 0.6) is 0 Å². The number of nitrogens with zero attached hydrogens (tertiary/aromatic N) is 6. The molecule has 30 heavy (non-hydrogen) atoms. The molecule has 0 saturated carbocycles. The second kappa shape index (κ2) is 8.19. The van der Waals surface area contributed by atoms with Crippen molar-refractivity contribution >= 4 is 21.5 Å². The van der Waals surface area contributed by atoms with E-state index < -0.39 is 16.4 Å². The minimum Gasteiger partial charge on any atom is -0.355 e. The molecule has 12 heteroatoms. The number of rotatable bonds is 6. The van der Waals surface area contributed by atoms with E-state index in [0.717, 1.165) is 19.4 Å². The van der Waals surface area contributed by atoms with Gasteiger partial charge in [0.15, 0.2) is 5.65 Å². The Hall–Kier alpha value is -2.73. The van der Waals surface area contributed by atoms with Crippen LogP contribution in [0.1, 0.15) is 31.9 Å². The van der Waals surface area contributed by atoms with Crippen molar-refractivity contribution in [3.63, 3.8) is 0 Å². The van der Waals surface area contributed by atoms with Gasteiger partial charge in [-0.25, -0.2) is 41.4 Å². The van der Waals surface area contributed by atoms with Gasteiger partial charge in [0.25, 0.3) is 6.43 Å². The smallest absolute Gasteiger partial charge is 0.282 e. The third-order valence-electron chi connectivity index (χ3n) is 4.99.